The van der Waals surface area contributed by atoms with Gasteiger partial charge in [0.25, 0.3) is 0 Å². The van der Waals surface area contributed by atoms with Crippen LogP contribution in [-0.2, 0) is 9.59 Å². The number of hydrogen-bond acceptors (Lipinski definition) is 3. The third-order valence-electron chi connectivity index (χ3n) is 4.35. The fourth-order valence-electron chi connectivity index (χ4n) is 3.05. The van der Waals surface area contributed by atoms with Gasteiger partial charge in [-0.15, -0.1) is 0 Å². The SMILES string of the molecule is COc1ccc(N(CC(=O)NC2CCCCCC2)C(C)=O)cc1Cl. The molecule has 1 N–H and O–H groups in total. The molecule has 1 aromatic rings. The lowest BCUT2D eigenvalue weighted by Crippen LogP contribution is -2.43. The van der Waals surface area contributed by atoms with E-state index in [0.717, 1.165) is 25.7 Å². The summed E-state index contributed by atoms with van der Waals surface area (Å²) < 4.78 is 5.12. The van der Waals surface area contributed by atoms with E-state index >= 15 is 0 Å². The molecule has 24 heavy (non-hydrogen) atoms. The second-order valence-corrected chi connectivity index (χ2v) is 6.59. The predicted octanol–water partition coefficient (Wildman–Crippen LogP) is 3.54. The summed E-state index contributed by atoms with van der Waals surface area (Å²) in [6.45, 7) is 1.44. The van der Waals surface area contributed by atoms with Crippen molar-refractivity contribution in [1.82, 2.24) is 5.32 Å². The number of nitrogens with zero attached hydrogens (tertiary/aromatic N) is 1. The van der Waals surface area contributed by atoms with Crippen LogP contribution in [0.5, 0.6) is 5.75 Å². The van der Waals surface area contributed by atoms with Crippen LogP contribution in [0.15, 0.2) is 18.2 Å². The lowest BCUT2D eigenvalue weighted by molar-refractivity contribution is -0.123. The first-order valence-corrected chi connectivity index (χ1v) is 8.80. The summed E-state index contributed by atoms with van der Waals surface area (Å²) in [5.74, 6) is 0.197. The largest absolute Gasteiger partial charge is 0.495 e. The number of benzene rings is 1. The molecule has 5 nitrogen and oxygen atoms in total. The number of halogens is 1. The van der Waals surface area contributed by atoms with Crippen LogP contribution >= 0.6 is 11.6 Å². The molecule has 0 atom stereocenters. The highest BCUT2D eigenvalue weighted by Crippen LogP contribution is 2.29. The summed E-state index contributed by atoms with van der Waals surface area (Å²) in [7, 11) is 1.53. The smallest absolute Gasteiger partial charge is 0.240 e. The molecule has 6 heteroatoms. The van der Waals surface area contributed by atoms with Gasteiger partial charge in [0.2, 0.25) is 11.8 Å². The highest BCUT2D eigenvalue weighted by Gasteiger charge is 2.20. The van der Waals surface area contributed by atoms with E-state index in [2.05, 4.69) is 5.32 Å². The van der Waals surface area contributed by atoms with Gasteiger partial charge in [-0.05, 0) is 31.0 Å². The van der Waals surface area contributed by atoms with E-state index in [0.29, 0.717) is 16.5 Å². The molecule has 2 amide bonds. The predicted molar refractivity (Wildman–Crippen MR) is 95.7 cm³/mol. The Bertz CT molecular complexity index is 584. The second kappa shape index (κ2) is 8.92. The molecular formula is C18H25ClN2O3. The van der Waals surface area contributed by atoms with Crippen LogP contribution < -0.4 is 15.0 Å². The molecule has 0 aliphatic heterocycles. The van der Waals surface area contributed by atoms with Crippen molar-refractivity contribution in [2.24, 2.45) is 0 Å². The molecule has 2 rings (SSSR count). The molecule has 0 unspecified atom stereocenters. The first kappa shape index (κ1) is 18.6. The molecular weight excluding hydrogens is 328 g/mol. The Balaban J connectivity index is 2.03. The fourth-order valence-corrected chi connectivity index (χ4v) is 3.30. The third kappa shape index (κ3) is 5.13. The number of nitrogens with one attached hydrogen (secondary N) is 1. The fraction of sp³-hybridized carbons (Fsp3) is 0.556. The minimum Gasteiger partial charge on any atom is -0.495 e. The number of carbonyl (C=O) groups excluding carboxylic acids is 2. The molecule has 0 radical (unpaired) electrons. The minimum absolute atomic E-state index is 0.00547. The summed E-state index contributed by atoms with van der Waals surface area (Å²) in [5, 5.41) is 3.47. The van der Waals surface area contributed by atoms with Gasteiger partial charge in [-0.25, -0.2) is 0 Å². The van der Waals surface area contributed by atoms with Crippen molar-refractivity contribution < 1.29 is 14.3 Å². The van der Waals surface area contributed by atoms with Gasteiger partial charge in [0.15, 0.2) is 0 Å². The van der Waals surface area contributed by atoms with E-state index in [-0.39, 0.29) is 24.4 Å². The molecule has 1 fully saturated rings. The Morgan fingerprint density at radius 2 is 1.92 bits per heavy atom. The molecule has 132 valence electrons. The molecule has 1 aliphatic carbocycles. The van der Waals surface area contributed by atoms with Gasteiger partial charge in [-0.3, -0.25) is 9.59 Å². The first-order chi connectivity index (χ1) is 11.5. The quantitative estimate of drug-likeness (QED) is 0.824. The van der Waals surface area contributed by atoms with Crippen molar-refractivity contribution in [3.8, 4) is 5.75 Å². The summed E-state index contributed by atoms with van der Waals surface area (Å²) in [5.41, 5.74) is 0.587. The Hall–Kier alpha value is -1.75. The van der Waals surface area contributed by atoms with Crippen LogP contribution in [0.3, 0.4) is 0 Å². The lowest BCUT2D eigenvalue weighted by Gasteiger charge is -2.23. The van der Waals surface area contributed by atoms with E-state index in [1.165, 1.54) is 31.8 Å². The summed E-state index contributed by atoms with van der Waals surface area (Å²) in [6.07, 6.45) is 6.79. The molecule has 0 bridgehead atoms. The maximum absolute atomic E-state index is 12.4. The summed E-state index contributed by atoms with van der Waals surface area (Å²) in [4.78, 5) is 25.7. The molecule has 1 aliphatic rings. The number of carbonyl (C=O) groups is 2. The van der Waals surface area contributed by atoms with Crippen molar-refractivity contribution in [2.75, 3.05) is 18.6 Å². The van der Waals surface area contributed by atoms with E-state index < -0.39 is 0 Å². The zero-order valence-electron chi connectivity index (χ0n) is 14.3. The summed E-state index contributed by atoms with van der Waals surface area (Å²) in [6, 6.07) is 5.27. The van der Waals surface area contributed by atoms with Crippen LogP contribution in [0.1, 0.15) is 45.4 Å². The van der Waals surface area contributed by atoms with Crippen LogP contribution in [0.2, 0.25) is 5.02 Å². The molecule has 0 aromatic heterocycles. The Morgan fingerprint density at radius 3 is 2.46 bits per heavy atom. The van der Waals surface area contributed by atoms with Crippen molar-refractivity contribution in [2.45, 2.75) is 51.5 Å². The number of methoxy groups -OCH3 is 1. The zero-order valence-corrected chi connectivity index (χ0v) is 15.1. The maximum Gasteiger partial charge on any atom is 0.240 e. The Labute approximate surface area is 148 Å². The second-order valence-electron chi connectivity index (χ2n) is 6.18. The van der Waals surface area contributed by atoms with Gasteiger partial charge < -0.3 is 15.0 Å². The number of hydrogen-bond donors (Lipinski definition) is 1. The summed E-state index contributed by atoms with van der Waals surface area (Å²) >= 11 is 6.13. The Morgan fingerprint density at radius 1 is 1.25 bits per heavy atom. The third-order valence-corrected chi connectivity index (χ3v) is 4.64. The van der Waals surface area contributed by atoms with Gasteiger partial charge in [-0.1, -0.05) is 37.3 Å². The molecule has 0 heterocycles. The number of ether oxygens (including phenoxy) is 1. The number of rotatable bonds is 5. The normalized spacial score (nSPS) is 15.5. The van der Waals surface area contributed by atoms with Crippen LogP contribution in [0, 0.1) is 0 Å². The van der Waals surface area contributed by atoms with Crippen LogP contribution in [0.25, 0.3) is 0 Å². The van der Waals surface area contributed by atoms with Gasteiger partial charge in [-0.2, -0.15) is 0 Å². The van der Waals surface area contributed by atoms with E-state index in [9.17, 15) is 9.59 Å². The van der Waals surface area contributed by atoms with Gasteiger partial charge in [0, 0.05) is 18.7 Å². The molecule has 1 aromatic carbocycles. The highest BCUT2D eigenvalue weighted by molar-refractivity contribution is 6.32. The zero-order chi connectivity index (χ0) is 17.5. The van der Waals surface area contributed by atoms with E-state index in [1.807, 2.05) is 0 Å². The Kier molecular flexibility index (Phi) is 6.91. The number of anilines is 1. The van der Waals surface area contributed by atoms with Gasteiger partial charge in [0.1, 0.15) is 12.3 Å². The number of amides is 2. The van der Waals surface area contributed by atoms with Gasteiger partial charge >= 0.3 is 0 Å². The lowest BCUT2D eigenvalue weighted by atomic mass is 10.1. The topological polar surface area (TPSA) is 58.6 Å². The molecule has 1 saturated carbocycles. The average Bonchev–Trinajstić information content (AvgIpc) is 2.81. The average molecular weight is 353 g/mol. The van der Waals surface area contributed by atoms with Crippen molar-refractivity contribution in [1.29, 1.82) is 0 Å². The molecule has 0 spiro atoms. The highest BCUT2D eigenvalue weighted by atomic mass is 35.5. The minimum atomic E-state index is -0.202. The van der Waals surface area contributed by atoms with E-state index in [1.54, 1.807) is 18.2 Å². The van der Waals surface area contributed by atoms with E-state index in [4.69, 9.17) is 16.3 Å². The maximum atomic E-state index is 12.4. The monoisotopic (exact) mass is 352 g/mol. The van der Waals surface area contributed by atoms with Gasteiger partial charge in [0.05, 0.1) is 12.1 Å². The first-order valence-electron chi connectivity index (χ1n) is 8.42. The van der Waals surface area contributed by atoms with Crippen LogP contribution in [-0.4, -0.2) is 31.5 Å². The van der Waals surface area contributed by atoms with Crippen LogP contribution in [0.4, 0.5) is 5.69 Å². The van der Waals surface area contributed by atoms with Crippen molar-refractivity contribution >= 4 is 29.1 Å². The standard InChI is InChI=1S/C18H25ClN2O3/c1-13(22)21(15-9-10-17(24-2)16(19)11-15)12-18(23)20-14-7-5-3-4-6-8-14/h9-11,14H,3-8,12H2,1-2H3,(H,20,23). The molecule has 0 saturated heterocycles. The van der Waals surface area contributed by atoms with Crippen molar-refractivity contribution in [3.05, 3.63) is 23.2 Å². The van der Waals surface area contributed by atoms with Crippen molar-refractivity contribution in [3.63, 3.8) is 0 Å².